The van der Waals surface area contributed by atoms with Gasteiger partial charge in [0.05, 0.1) is 23.1 Å². The second kappa shape index (κ2) is 8.47. The van der Waals surface area contributed by atoms with E-state index in [9.17, 15) is 14.9 Å². The molecular weight excluding hydrogens is 390 g/mol. The highest BCUT2D eigenvalue weighted by molar-refractivity contribution is 5.95. The minimum atomic E-state index is -0.584. The Morgan fingerprint density at radius 2 is 2.13 bits per heavy atom. The van der Waals surface area contributed by atoms with Gasteiger partial charge in [-0.05, 0) is 40.2 Å². The lowest BCUT2D eigenvalue weighted by atomic mass is 10.2. The number of benzene rings is 1. The van der Waals surface area contributed by atoms with Crippen LogP contribution in [-0.4, -0.2) is 59.0 Å². The average Bonchev–Trinajstić information content (AvgIpc) is 3.20. The van der Waals surface area contributed by atoms with Gasteiger partial charge in [-0.3, -0.25) is 10.1 Å². The summed E-state index contributed by atoms with van der Waals surface area (Å²) in [6, 6.07) is 3.10. The van der Waals surface area contributed by atoms with E-state index in [1.165, 1.54) is 6.07 Å². The van der Waals surface area contributed by atoms with Crippen molar-refractivity contribution in [1.82, 2.24) is 14.9 Å². The van der Waals surface area contributed by atoms with Crippen LogP contribution in [0.4, 0.5) is 16.2 Å². The first-order valence-corrected chi connectivity index (χ1v) is 9.98. The number of nitro benzene ring substituents is 1. The predicted molar refractivity (Wildman–Crippen MR) is 113 cm³/mol. The van der Waals surface area contributed by atoms with Crippen molar-refractivity contribution in [2.24, 2.45) is 0 Å². The van der Waals surface area contributed by atoms with Crippen LogP contribution in [0.3, 0.4) is 0 Å². The third-order valence-electron chi connectivity index (χ3n) is 5.00. The number of hydrogen-bond donors (Lipinski definition) is 1. The fourth-order valence-corrected chi connectivity index (χ4v) is 3.76. The van der Waals surface area contributed by atoms with Gasteiger partial charge in [-0.2, -0.15) is 0 Å². The first-order chi connectivity index (χ1) is 14.1. The molecule has 0 unspecified atom stereocenters. The molecule has 164 valence electrons. The number of nitro groups is 1. The Morgan fingerprint density at radius 1 is 1.40 bits per heavy atom. The SMILES string of the molecule is COCCn1c(C)nc2c(N3CC[C@H](NC(=O)OC(C)(C)C)C3)c([N+](=O)[O-])ccc21. The van der Waals surface area contributed by atoms with Crippen LogP contribution >= 0.6 is 0 Å². The van der Waals surface area contributed by atoms with E-state index in [0.29, 0.717) is 43.9 Å². The molecule has 10 nitrogen and oxygen atoms in total. The number of nitrogens with one attached hydrogen (secondary N) is 1. The van der Waals surface area contributed by atoms with Gasteiger partial charge in [0.2, 0.25) is 0 Å². The van der Waals surface area contributed by atoms with Gasteiger partial charge in [-0.15, -0.1) is 0 Å². The third kappa shape index (κ3) is 4.64. The second-order valence-electron chi connectivity index (χ2n) is 8.44. The van der Waals surface area contributed by atoms with Gasteiger partial charge in [-0.25, -0.2) is 9.78 Å². The summed E-state index contributed by atoms with van der Waals surface area (Å²) < 4.78 is 12.5. The summed E-state index contributed by atoms with van der Waals surface area (Å²) in [5.74, 6) is 0.770. The van der Waals surface area contributed by atoms with E-state index in [1.54, 1.807) is 33.9 Å². The van der Waals surface area contributed by atoms with E-state index in [2.05, 4.69) is 10.3 Å². The molecule has 30 heavy (non-hydrogen) atoms. The number of methoxy groups -OCH3 is 1. The first-order valence-electron chi connectivity index (χ1n) is 9.98. The van der Waals surface area contributed by atoms with Crippen LogP contribution in [0.15, 0.2) is 12.1 Å². The largest absolute Gasteiger partial charge is 0.444 e. The number of anilines is 1. The Labute approximate surface area is 175 Å². The second-order valence-corrected chi connectivity index (χ2v) is 8.44. The molecule has 1 fully saturated rings. The fraction of sp³-hybridized carbons (Fsp3) is 0.600. The van der Waals surface area contributed by atoms with Gasteiger partial charge < -0.3 is 24.3 Å². The molecule has 1 atom stereocenters. The Kier molecular flexibility index (Phi) is 6.16. The van der Waals surface area contributed by atoms with E-state index in [4.69, 9.17) is 9.47 Å². The quantitative estimate of drug-likeness (QED) is 0.566. The molecule has 0 saturated carbocycles. The molecule has 2 heterocycles. The van der Waals surface area contributed by atoms with Crippen LogP contribution in [0.5, 0.6) is 0 Å². The summed E-state index contributed by atoms with van der Waals surface area (Å²) in [7, 11) is 1.63. The highest BCUT2D eigenvalue weighted by Crippen LogP contribution is 2.38. The summed E-state index contributed by atoms with van der Waals surface area (Å²) in [6.07, 6.45) is 0.178. The zero-order valence-corrected chi connectivity index (χ0v) is 18.1. The van der Waals surface area contributed by atoms with Crippen molar-refractivity contribution in [1.29, 1.82) is 0 Å². The minimum Gasteiger partial charge on any atom is -0.444 e. The monoisotopic (exact) mass is 419 g/mol. The Hall–Kier alpha value is -2.88. The molecule has 1 aromatic heterocycles. The summed E-state index contributed by atoms with van der Waals surface area (Å²) in [5, 5.41) is 14.6. The maximum Gasteiger partial charge on any atom is 0.407 e. The molecule has 3 rings (SSSR count). The van der Waals surface area contributed by atoms with Gasteiger partial charge in [0.1, 0.15) is 22.6 Å². The zero-order valence-electron chi connectivity index (χ0n) is 18.1. The molecule has 2 aromatic rings. The Bertz CT molecular complexity index is 949. The highest BCUT2D eigenvalue weighted by Gasteiger charge is 2.32. The standard InChI is InChI=1S/C20H29N5O5/c1-13-21-17-15(24(13)10-11-29-5)6-7-16(25(27)28)18(17)23-9-8-14(12-23)22-19(26)30-20(2,3)4/h6-7,14H,8-12H2,1-5H3,(H,22,26)/t14-/m0/s1. The number of nitrogens with zero attached hydrogens (tertiary/aromatic N) is 4. The van der Waals surface area contributed by atoms with Gasteiger partial charge in [0, 0.05) is 32.8 Å². The molecular formula is C20H29N5O5. The van der Waals surface area contributed by atoms with Crippen LogP contribution in [0, 0.1) is 17.0 Å². The number of rotatable bonds is 6. The Morgan fingerprint density at radius 3 is 2.77 bits per heavy atom. The number of fused-ring (bicyclic) bond motifs is 1. The van der Waals surface area contributed by atoms with Crippen molar-refractivity contribution in [3.63, 3.8) is 0 Å². The number of hydrogen-bond acceptors (Lipinski definition) is 7. The van der Waals surface area contributed by atoms with Crippen molar-refractivity contribution in [2.45, 2.75) is 52.3 Å². The van der Waals surface area contributed by atoms with Gasteiger partial charge in [-0.1, -0.05) is 0 Å². The number of alkyl carbamates (subject to hydrolysis) is 1. The molecule has 10 heteroatoms. The predicted octanol–water partition coefficient (Wildman–Crippen LogP) is 3.00. The van der Waals surface area contributed by atoms with Gasteiger partial charge in [0.15, 0.2) is 0 Å². The van der Waals surface area contributed by atoms with Crippen LogP contribution in [0.25, 0.3) is 11.0 Å². The van der Waals surface area contributed by atoms with Crippen LogP contribution in [0.2, 0.25) is 0 Å². The molecule has 0 bridgehead atoms. The van der Waals surface area contributed by atoms with E-state index in [1.807, 2.05) is 16.4 Å². The van der Waals surface area contributed by atoms with Crippen molar-refractivity contribution in [3.05, 3.63) is 28.1 Å². The number of carbonyl (C=O) groups is 1. The van der Waals surface area contributed by atoms with Crippen molar-refractivity contribution in [2.75, 3.05) is 31.7 Å². The summed E-state index contributed by atoms with van der Waals surface area (Å²) >= 11 is 0. The molecule has 1 aliphatic rings. The summed E-state index contributed by atoms with van der Waals surface area (Å²) in [6.45, 7) is 9.44. The molecule has 0 radical (unpaired) electrons. The Balaban J connectivity index is 1.90. The van der Waals surface area contributed by atoms with Crippen LogP contribution in [0.1, 0.15) is 33.0 Å². The number of aryl methyl sites for hydroxylation is 1. The number of amides is 1. The molecule has 1 amide bonds. The lowest BCUT2D eigenvalue weighted by Crippen LogP contribution is -2.40. The smallest absolute Gasteiger partial charge is 0.407 e. The molecule has 0 spiro atoms. The maximum absolute atomic E-state index is 12.1. The van der Waals surface area contributed by atoms with E-state index >= 15 is 0 Å². The maximum atomic E-state index is 12.1. The lowest BCUT2D eigenvalue weighted by molar-refractivity contribution is -0.384. The van der Waals surface area contributed by atoms with Gasteiger partial charge in [0.25, 0.3) is 5.69 Å². The lowest BCUT2D eigenvalue weighted by Gasteiger charge is -2.22. The highest BCUT2D eigenvalue weighted by atomic mass is 16.6. The zero-order chi connectivity index (χ0) is 22.1. The summed E-state index contributed by atoms with van der Waals surface area (Å²) in [5.41, 5.74) is 1.34. The summed E-state index contributed by atoms with van der Waals surface area (Å²) in [4.78, 5) is 30.0. The molecule has 0 aliphatic carbocycles. The normalized spacial score (nSPS) is 16.8. The van der Waals surface area contributed by atoms with Crippen LogP contribution < -0.4 is 10.2 Å². The minimum absolute atomic E-state index is 0.0109. The van der Waals surface area contributed by atoms with Gasteiger partial charge >= 0.3 is 6.09 Å². The average molecular weight is 419 g/mol. The number of carbonyl (C=O) groups excluding carboxylic acids is 1. The number of aromatic nitrogens is 2. The molecule has 1 saturated heterocycles. The van der Waals surface area contributed by atoms with Crippen molar-refractivity contribution in [3.8, 4) is 0 Å². The van der Waals surface area contributed by atoms with E-state index in [0.717, 1.165) is 11.3 Å². The fourth-order valence-electron chi connectivity index (χ4n) is 3.76. The number of imidazole rings is 1. The topological polar surface area (TPSA) is 112 Å². The van der Waals surface area contributed by atoms with E-state index < -0.39 is 11.7 Å². The van der Waals surface area contributed by atoms with Crippen molar-refractivity contribution < 1.29 is 19.2 Å². The van der Waals surface area contributed by atoms with Crippen molar-refractivity contribution >= 4 is 28.5 Å². The molecule has 1 N–H and O–H groups in total. The van der Waals surface area contributed by atoms with E-state index in [-0.39, 0.29) is 16.7 Å². The molecule has 1 aliphatic heterocycles. The first kappa shape index (κ1) is 21.8. The van der Waals surface area contributed by atoms with Crippen LogP contribution in [-0.2, 0) is 16.0 Å². The molecule has 1 aromatic carbocycles. The third-order valence-corrected chi connectivity index (χ3v) is 5.00. The number of ether oxygens (including phenoxy) is 2.